The molecule has 0 heterocycles. The Kier molecular flexibility index (Phi) is 15.9. The zero-order chi connectivity index (χ0) is 4.83. The number of rotatable bonds is 3. The van der Waals surface area contributed by atoms with E-state index in [4.69, 9.17) is 0 Å². The lowest BCUT2D eigenvalue weighted by Crippen LogP contribution is -1.70. The van der Waals surface area contributed by atoms with Gasteiger partial charge >= 0.3 is 0 Å². The predicted molar refractivity (Wildman–Crippen MR) is 48.8 cm³/mol. The minimum absolute atomic E-state index is 0. The number of hydrogen-bond acceptors (Lipinski definition) is 0. The Hall–Kier alpha value is 1.08. The maximum Gasteiger partial charge on any atom is -0.000473 e. The summed E-state index contributed by atoms with van der Waals surface area (Å²) >= 11 is 2.41. The molecule has 0 N–H and O–H groups in total. The lowest BCUT2D eigenvalue weighted by atomic mass is 10.3. The molecule has 0 spiro atoms. The molecule has 0 aliphatic heterocycles. The molecule has 0 rings (SSSR count). The minimum Gasteiger partial charge on any atom is -0.197 e. The van der Waals surface area contributed by atoms with Crippen LogP contribution in [0, 0.1) is 0 Å². The average molecular weight is 232 g/mol. The molecule has 46 valence electrons. The first-order valence-corrected chi connectivity index (χ1v) is 4.00. The summed E-state index contributed by atoms with van der Waals surface area (Å²) in [6, 6.07) is 0. The van der Waals surface area contributed by atoms with Gasteiger partial charge in [0.25, 0.3) is 0 Å². The van der Waals surface area contributed by atoms with Crippen molar-refractivity contribution < 1.29 is 0 Å². The van der Waals surface area contributed by atoms with Gasteiger partial charge in [-0.3, -0.25) is 0 Å². The molecule has 0 atom stereocenters. The van der Waals surface area contributed by atoms with Crippen molar-refractivity contribution >= 4 is 36.1 Å². The van der Waals surface area contributed by atoms with Crippen molar-refractivity contribution in [3.63, 3.8) is 0 Å². The maximum atomic E-state index is 2.41. The number of alkyl halides is 1. The Morgan fingerprint density at radius 1 is 1.29 bits per heavy atom. The highest BCUT2D eigenvalue weighted by atomic mass is 127. The van der Waals surface area contributed by atoms with Crippen molar-refractivity contribution in [1.29, 1.82) is 0 Å². The van der Waals surface area contributed by atoms with E-state index in [1.165, 1.54) is 23.7 Å². The van der Waals surface area contributed by atoms with Crippen molar-refractivity contribution in [2.75, 3.05) is 4.43 Å². The van der Waals surface area contributed by atoms with Crippen molar-refractivity contribution in [3.8, 4) is 0 Å². The van der Waals surface area contributed by atoms with Crippen LogP contribution in [0.4, 0.5) is 0 Å². The lowest BCUT2D eigenvalue weighted by molar-refractivity contribution is 0.785. The van der Waals surface area contributed by atoms with Gasteiger partial charge in [0, 0.05) is 0 Å². The van der Waals surface area contributed by atoms with Crippen molar-refractivity contribution in [2.24, 2.45) is 0 Å². The second-order valence-electron chi connectivity index (χ2n) is 1.40. The Morgan fingerprint density at radius 3 is 2.00 bits per heavy atom. The van der Waals surface area contributed by atoms with E-state index >= 15 is 0 Å². The highest BCUT2D eigenvalue weighted by Gasteiger charge is 1.76. The lowest BCUT2D eigenvalue weighted by Gasteiger charge is -1.85. The van der Waals surface area contributed by atoms with Crippen LogP contribution in [-0.2, 0) is 0 Å². The third kappa shape index (κ3) is 11.0. The zero-order valence-electron chi connectivity index (χ0n) is 4.71. The summed E-state index contributed by atoms with van der Waals surface area (Å²) in [4.78, 5) is 0. The molecule has 0 aliphatic rings. The maximum absolute atomic E-state index is 2.41. The monoisotopic (exact) mass is 232 g/mol. The summed E-state index contributed by atoms with van der Waals surface area (Å²) in [6.45, 7) is 2.23. The SMILES string of the molecule is CCCCCI.S. The first-order valence-electron chi connectivity index (χ1n) is 2.47. The molecule has 0 fully saturated rings. The minimum atomic E-state index is 0. The quantitative estimate of drug-likeness (QED) is 0.398. The van der Waals surface area contributed by atoms with Gasteiger partial charge in [-0.1, -0.05) is 42.4 Å². The van der Waals surface area contributed by atoms with Gasteiger partial charge in [0.05, 0.1) is 0 Å². The van der Waals surface area contributed by atoms with Gasteiger partial charge in [-0.15, -0.1) is 0 Å². The van der Waals surface area contributed by atoms with Crippen molar-refractivity contribution in [2.45, 2.75) is 26.2 Å². The fraction of sp³-hybridized carbons (Fsp3) is 1.00. The Balaban J connectivity index is 0. The Morgan fingerprint density at radius 2 is 1.86 bits per heavy atom. The largest absolute Gasteiger partial charge is 0.197 e. The molecule has 0 aromatic heterocycles. The van der Waals surface area contributed by atoms with E-state index in [1.54, 1.807) is 0 Å². The standard InChI is InChI=1S/C5H11I.H2S/c1-2-3-4-5-6;/h2-5H2,1H3;1H2. The van der Waals surface area contributed by atoms with E-state index < -0.39 is 0 Å². The summed E-state index contributed by atoms with van der Waals surface area (Å²) in [5.74, 6) is 0. The molecule has 0 saturated carbocycles. The molecule has 0 bridgehead atoms. The number of unbranched alkanes of at least 4 members (excludes halogenated alkanes) is 2. The highest BCUT2D eigenvalue weighted by molar-refractivity contribution is 14.1. The predicted octanol–water partition coefficient (Wildman–Crippen LogP) is 2.72. The molecular formula is C5H13IS. The summed E-state index contributed by atoms with van der Waals surface area (Å²) in [7, 11) is 0. The third-order valence-electron chi connectivity index (χ3n) is 0.737. The van der Waals surface area contributed by atoms with Gasteiger partial charge in [0.2, 0.25) is 0 Å². The Labute approximate surface area is 66.7 Å². The van der Waals surface area contributed by atoms with E-state index in [1.807, 2.05) is 0 Å². The molecule has 0 radical (unpaired) electrons. The van der Waals surface area contributed by atoms with Crippen LogP contribution in [0.15, 0.2) is 0 Å². The molecule has 7 heavy (non-hydrogen) atoms. The highest BCUT2D eigenvalue weighted by Crippen LogP contribution is 1.96. The van der Waals surface area contributed by atoms with E-state index in [2.05, 4.69) is 29.5 Å². The molecular weight excluding hydrogens is 219 g/mol. The van der Waals surface area contributed by atoms with Crippen LogP contribution in [0.5, 0.6) is 0 Å². The molecule has 0 aromatic carbocycles. The van der Waals surface area contributed by atoms with Gasteiger partial charge in [-0.2, -0.15) is 13.5 Å². The van der Waals surface area contributed by atoms with Crippen molar-refractivity contribution in [1.82, 2.24) is 0 Å². The second-order valence-corrected chi connectivity index (χ2v) is 2.47. The first-order chi connectivity index (χ1) is 2.91. The third-order valence-corrected chi connectivity index (χ3v) is 1.50. The number of halogens is 1. The molecule has 0 saturated heterocycles. The van der Waals surface area contributed by atoms with E-state index in [9.17, 15) is 0 Å². The molecule has 0 amide bonds. The van der Waals surface area contributed by atoms with E-state index in [0.717, 1.165) is 0 Å². The van der Waals surface area contributed by atoms with Gasteiger partial charge in [0.15, 0.2) is 0 Å². The van der Waals surface area contributed by atoms with Gasteiger partial charge in [0.1, 0.15) is 0 Å². The molecule has 0 unspecified atom stereocenters. The van der Waals surface area contributed by atoms with E-state index in [-0.39, 0.29) is 13.5 Å². The van der Waals surface area contributed by atoms with Crippen LogP contribution in [0.2, 0.25) is 0 Å². The topological polar surface area (TPSA) is 0 Å². The summed E-state index contributed by atoms with van der Waals surface area (Å²) < 4.78 is 1.32. The summed E-state index contributed by atoms with van der Waals surface area (Å²) in [5, 5.41) is 0. The van der Waals surface area contributed by atoms with Gasteiger partial charge < -0.3 is 0 Å². The molecule has 0 aliphatic carbocycles. The molecule has 0 nitrogen and oxygen atoms in total. The van der Waals surface area contributed by atoms with Crippen LogP contribution in [0.1, 0.15) is 26.2 Å². The average Bonchev–Trinajstić information content (AvgIpc) is 1.61. The number of hydrogen-bond donors (Lipinski definition) is 0. The Bertz CT molecular complexity index is 20.0. The van der Waals surface area contributed by atoms with Crippen LogP contribution >= 0.6 is 36.1 Å². The normalized spacial score (nSPS) is 7.71. The van der Waals surface area contributed by atoms with Gasteiger partial charge in [-0.25, -0.2) is 0 Å². The molecule has 0 aromatic rings. The van der Waals surface area contributed by atoms with Crippen LogP contribution in [0.25, 0.3) is 0 Å². The zero-order valence-corrected chi connectivity index (χ0v) is 7.86. The van der Waals surface area contributed by atoms with Crippen LogP contribution < -0.4 is 0 Å². The molecule has 2 heteroatoms. The fourth-order valence-corrected chi connectivity index (χ4v) is 0.884. The van der Waals surface area contributed by atoms with Gasteiger partial charge in [-0.05, 0) is 10.8 Å². The summed E-state index contributed by atoms with van der Waals surface area (Å²) in [5.41, 5.74) is 0. The fourth-order valence-electron chi connectivity index (χ4n) is 0.344. The van der Waals surface area contributed by atoms with Crippen LogP contribution in [0.3, 0.4) is 0 Å². The van der Waals surface area contributed by atoms with Crippen LogP contribution in [-0.4, -0.2) is 4.43 Å². The first kappa shape index (κ1) is 11.0. The second kappa shape index (κ2) is 10.1. The van der Waals surface area contributed by atoms with Crippen molar-refractivity contribution in [3.05, 3.63) is 0 Å². The smallest absolute Gasteiger partial charge is 0.000473 e. The summed E-state index contributed by atoms with van der Waals surface area (Å²) in [6.07, 6.45) is 4.16. The van der Waals surface area contributed by atoms with E-state index in [0.29, 0.717) is 0 Å².